The Morgan fingerprint density at radius 1 is 1.29 bits per heavy atom. The molecular formula is C10H13NO2Si. The molecule has 0 aliphatic rings. The molecule has 3 nitrogen and oxygen atoms in total. The van der Waals surface area contributed by atoms with Crippen LogP contribution in [0.5, 0.6) is 0 Å². The van der Waals surface area contributed by atoms with E-state index in [1.807, 2.05) is 12.1 Å². The summed E-state index contributed by atoms with van der Waals surface area (Å²) in [6.45, 7) is 6.73. The molecule has 0 atom stereocenters. The number of hydrogen-bond donors (Lipinski definition) is 1. The number of fused-ring (bicyclic) bond motifs is 1. The SMILES string of the molecule is C[Si](C)(C)c1cccc2oc(=O)[nH]c12. The summed E-state index contributed by atoms with van der Waals surface area (Å²) < 4.78 is 5.01. The van der Waals surface area contributed by atoms with Crippen LogP contribution in [0.2, 0.25) is 19.6 Å². The van der Waals surface area contributed by atoms with E-state index in [0.29, 0.717) is 5.58 Å². The van der Waals surface area contributed by atoms with E-state index in [9.17, 15) is 4.79 Å². The average Bonchev–Trinajstić information content (AvgIpc) is 2.41. The fraction of sp³-hybridized carbons (Fsp3) is 0.300. The van der Waals surface area contributed by atoms with Gasteiger partial charge in [-0.15, -0.1) is 0 Å². The van der Waals surface area contributed by atoms with Gasteiger partial charge in [0, 0.05) is 0 Å². The highest BCUT2D eigenvalue weighted by molar-refractivity contribution is 6.90. The van der Waals surface area contributed by atoms with Crippen molar-refractivity contribution >= 4 is 24.4 Å². The van der Waals surface area contributed by atoms with Gasteiger partial charge in [0.2, 0.25) is 0 Å². The van der Waals surface area contributed by atoms with Crippen LogP contribution in [-0.4, -0.2) is 13.1 Å². The average molecular weight is 207 g/mol. The molecule has 0 aliphatic carbocycles. The van der Waals surface area contributed by atoms with Gasteiger partial charge in [0.1, 0.15) is 0 Å². The number of benzene rings is 1. The zero-order valence-corrected chi connectivity index (χ0v) is 9.55. The van der Waals surface area contributed by atoms with E-state index >= 15 is 0 Å². The van der Waals surface area contributed by atoms with Gasteiger partial charge in [-0.05, 0) is 11.3 Å². The fourth-order valence-electron chi connectivity index (χ4n) is 1.60. The van der Waals surface area contributed by atoms with Crippen LogP contribution in [0.15, 0.2) is 27.4 Å². The zero-order chi connectivity index (χ0) is 10.3. The van der Waals surface area contributed by atoms with Gasteiger partial charge in [0.25, 0.3) is 0 Å². The summed E-state index contributed by atoms with van der Waals surface area (Å²) in [5, 5.41) is 1.24. The third kappa shape index (κ3) is 1.41. The second kappa shape index (κ2) is 2.85. The lowest BCUT2D eigenvalue weighted by molar-refractivity contribution is 0.555. The third-order valence-corrected chi connectivity index (χ3v) is 4.30. The first-order valence-corrected chi connectivity index (χ1v) is 8.11. The van der Waals surface area contributed by atoms with Crippen LogP contribution >= 0.6 is 0 Å². The third-order valence-electron chi connectivity index (χ3n) is 2.26. The van der Waals surface area contributed by atoms with E-state index in [1.165, 1.54) is 5.19 Å². The first kappa shape index (κ1) is 9.27. The lowest BCUT2D eigenvalue weighted by Gasteiger charge is -2.16. The molecule has 1 aromatic carbocycles. The molecule has 2 rings (SSSR count). The second-order valence-electron chi connectivity index (χ2n) is 4.44. The minimum Gasteiger partial charge on any atom is -0.408 e. The van der Waals surface area contributed by atoms with Crippen molar-refractivity contribution in [3.05, 3.63) is 28.7 Å². The Hall–Kier alpha value is -1.29. The van der Waals surface area contributed by atoms with E-state index in [-0.39, 0.29) is 5.76 Å². The Kier molecular flexibility index (Phi) is 1.89. The summed E-state index contributed by atoms with van der Waals surface area (Å²) in [5.41, 5.74) is 1.53. The number of aromatic nitrogens is 1. The molecule has 1 heterocycles. The molecule has 74 valence electrons. The van der Waals surface area contributed by atoms with Crippen LogP contribution in [0.1, 0.15) is 0 Å². The first-order valence-electron chi connectivity index (χ1n) is 4.61. The van der Waals surface area contributed by atoms with E-state index in [4.69, 9.17) is 4.42 Å². The van der Waals surface area contributed by atoms with Crippen molar-refractivity contribution in [2.45, 2.75) is 19.6 Å². The standard InChI is InChI=1S/C10H13NO2Si/c1-14(2,3)8-6-4-5-7-9(8)11-10(12)13-7/h4-6H,1-3H3,(H,11,12). The highest BCUT2D eigenvalue weighted by Gasteiger charge is 2.20. The first-order chi connectivity index (χ1) is 6.48. The van der Waals surface area contributed by atoms with Crippen molar-refractivity contribution in [3.63, 3.8) is 0 Å². The van der Waals surface area contributed by atoms with Gasteiger partial charge in [-0.25, -0.2) is 4.79 Å². The van der Waals surface area contributed by atoms with Gasteiger partial charge < -0.3 is 4.42 Å². The van der Waals surface area contributed by atoms with Crippen molar-refractivity contribution in [2.75, 3.05) is 0 Å². The van der Waals surface area contributed by atoms with E-state index < -0.39 is 8.07 Å². The molecule has 14 heavy (non-hydrogen) atoms. The number of para-hydroxylation sites is 1. The molecule has 0 aliphatic heterocycles. The number of nitrogens with one attached hydrogen (secondary N) is 1. The number of hydrogen-bond acceptors (Lipinski definition) is 2. The summed E-state index contributed by atoms with van der Waals surface area (Å²) >= 11 is 0. The summed E-state index contributed by atoms with van der Waals surface area (Å²) in [7, 11) is -1.41. The van der Waals surface area contributed by atoms with Crippen molar-refractivity contribution in [1.29, 1.82) is 0 Å². The summed E-state index contributed by atoms with van der Waals surface area (Å²) in [5.74, 6) is -0.370. The Balaban J connectivity index is 2.83. The van der Waals surface area contributed by atoms with Gasteiger partial charge in [0.15, 0.2) is 5.58 Å². The van der Waals surface area contributed by atoms with E-state index in [0.717, 1.165) is 5.52 Å². The minimum atomic E-state index is -1.41. The number of oxazole rings is 1. The quantitative estimate of drug-likeness (QED) is 0.723. The largest absolute Gasteiger partial charge is 0.417 e. The monoisotopic (exact) mass is 207 g/mol. The predicted octanol–water partition coefficient (Wildman–Crippen LogP) is 1.67. The molecule has 1 aromatic heterocycles. The highest BCUT2D eigenvalue weighted by Crippen LogP contribution is 2.11. The van der Waals surface area contributed by atoms with Crippen LogP contribution in [-0.2, 0) is 0 Å². The minimum absolute atomic E-state index is 0.370. The molecular weight excluding hydrogens is 194 g/mol. The Morgan fingerprint density at radius 2 is 2.00 bits per heavy atom. The predicted molar refractivity (Wildman–Crippen MR) is 59.8 cm³/mol. The summed E-state index contributed by atoms with van der Waals surface area (Å²) in [6.07, 6.45) is 0. The summed E-state index contributed by atoms with van der Waals surface area (Å²) in [4.78, 5) is 13.8. The second-order valence-corrected chi connectivity index (χ2v) is 9.48. The van der Waals surface area contributed by atoms with E-state index in [2.05, 4.69) is 30.7 Å². The Labute approximate surface area is 82.8 Å². The lowest BCUT2D eigenvalue weighted by Crippen LogP contribution is -2.38. The van der Waals surface area contributed by atoms with Crippen molar-refractivity contribution in [2.24, 2.45) is 0 Å². The molecule has 2 aromatic rings. The maximum atomic E-state index is 11.1. The molecule has 0 saturated carbocycles. The van der Waals surface area contributed by atoms with Gasteiger partial charge in [-0.3, -0.25) is 4.98 Å². The molecule has 0 unspecified atom stereocenters. The van der Waals surface area contributed by atoms with Gasteiger partial charge >= 0.3 is 5.76 Å². The van der Waals surface area contributed by atoms with Crippen molar-refractivity contribution in [3.8, 4) is 0 Å². The van der Waals surface area contributed by atoms with Gasteiger partial charge in [0.05, 0.1) is 13.6 Å². The van der Waals surface area contributed by atoms with Crippen LogP contribution < -0.4 is 10.9 Å². The number of rotatable bonds is 1. The van der Waals surface area contributed by atoms with Crippen LogP contribution in [0.3, 0.4) is 0 Å². The fourth-order valence-corrected chi connectivity index (χ4v) is 3.13. The zero-order valence-electron chi connectivity index (χ0n) is 8.55. The summed E-state index contributed by atoms with van der Waals surface area (Å²) in [6, 6.07) is 5.82. The van der Waals surface area contributed by atoms with Crippen molar-refractivity contribution in [1.82, 2.24) is 4.98 Å². The van der Waals surface area contributed by atoms with E-state index in [1.54, 1.807) is 0 Å². The normalized spacial score (nSPS) is 12.2. The maximum absolute atomic E-state index is 11.1. The molecule has 4 heteroatoms. The molecule has 1 N–H and O–H groups in total. The molecule has 0 bridgehead atoms. The smallest absolute Gasteiger partial charge is 0.408 e. The maximum Gasteiger partial charge on any atom is 0.417 e. The number of aromatic amines is 1. The van der Waals surface area contributed by atoms with Gasteiger partial charge in [-0.1, -0.05) is 31.8 Å². The van der Waals surface area contributed by atoms with Crippen LogP contribution in [0.25, 0.3) is 11.1 Å². The van der Waals surface area contributed by atoms with Gasteiger partial charge in [-0.2, -0.15) is 0 Å². The highest BCUT2D eigenvalue weighted by atomic mass is 28.3. The number of H-pyrrole nitrogens is 1. The lowest BCUT2D eigenvalue weighted by atomic mass is 10.3. The van der Waals surface area contributed by atoms with Crippen LogP contribution in [0.4, 0.5) is 0 Å². The Morgan fingerprint density at radius 3 is 2.64 bits per heavy atom. The van der Waals surface area contributed by atoms with Crippen molar-refractivity contribution < 1.29 is 4.42 Å². The molecule has 0 radical (unpaired) electrons. The Bertz CT molecular complexity index is 519. The molecule has 0 spiro atoms. The molecule has 0 fully saturated rings. The topological polar surface area (TPSA) is 46.0 Å². The molecule has 0 saturated heterocycles. The van der Waals surface area contributed by atoms with Crippen LogP contribution in [0, 0.1) is 0 Å². The molecule has 0 amide bonds.